The Hall–Kier alpha value is -2.75. The van der Waals surface area contributed by atoms with Gasteiger partial charge in [-0.1, -0.05) is 18.2 Å². The number of hydrogen-bond donors (Lipinski definition) is 3. The quantitative estimate of drug-likeness (QED) is 0.640. The van der Waals surface area contributed by atoms with Gasteiger partial charge in [-0.25, -0.2) is 9.97 Å². The smallest absolute Gasteiger partial charge is 0.256 e. The zero-order valence-corrected chi connectivity index (χ0v) is 18.8. The average molecular weight is 450 g/mol. The van der Waals surface area contributed by atoms with Crippen molar-refractivity contribution in [3.63, 3.8) is 0 Å². The number of hydrogen-bond acceptors (Lipinski definition) is 8. The van der Waals surface area contributed by atoms with Gasteiger partial charge in [-0.05, 0) is 57.3 Å². The Bertz CT molecular complexity index is 1010. The predicted octanol–water partition coefficient (Wildman–Crippen LogP) is 2.25. The van der Waals surface area contributed by atoms with Gasteiger partial charge in [-0.15, -0.1) is 0 Å². The molecule has 1 amide bonds. The van der Waals surface area contributed by atoms with E-state index in [0.717, 1.165) is 44.0 Å². The van der Waals surface area contributed by atoms with Crippen LogP contribution >= 0.6 is 0 Å². The Kier molecular flexibility index (Phi) is 5.40. The average Bonchev–Trinajstić information content (AvgIpc) is 3.50. The fourth-order valence-corrected chi connectivity index (χ4v) is 5.72. The highest BCUT2D eigenvalue weighted by molar-refractivity contribution is 6.06. The van der Waals surface area contributed by atoms with Crippen LogP contribution in [0.3, 0.4) is 0 Å². The van der Waals surface area contributed by atoms with E-state index in [1.807, 2.05) is 18.2 Å². The second-order valence-electron chi connectivity index (χ2n) is 9.51. The number of carbonyl (C=O) groups is 1. The number of nitrogens with zero attached hydrogens (tertiary/aromatic N) is 4. The minimum absolute atomic E-state index is 0.0124. The molecule has 2 atom stereocenters. The number of piperidine rings is 1. The minimum Gasteiger partial charge on any atom is -0.362 e. The van der Waals surface area contributed by atoms with E-state index in [9.17, 15) is 4.79 Å². The summed E-state index contributed by atoms with van der Waals surface area (Å²) in [5, 5.41) is 9.78. The molecule has 6 rings (SSSR count). The van der Waals surface area contributed by atoms with Crippen LogP contribution in [0.4, 0.5) is 17.3 Å². The van der Waals surface area contributed by atoms with Crippen LogP contribution < -0.4 is 20.9 Å². The summed E-state index contributed by atoms with van der Waals surface area (Å²) in [5.41, 5.74) is 1.76. The standard InChI is InChI=1S/C24H31N7O2/c32-23(17-4-2-1-3-5-17)29-21-20-22(27-15-26-21)31(16-28-20)19-7-6-18(33-19)14-30-13-10-24(30)8-11-25-12-9-24/h1-5,15,18-19,25,28H,6-14,16H2,(H,26,27,29,32). The molecule has 5 heterocycles. The fraction of sp³-hybridized carbons (Fsp3) is 0.542. The molecular weight excluding hydrogens is 418 g/mol. The van der Waals surface area contributed by atoms with E-state index in [0.29, 0.717) is 23.6 Å². The normalized spacial score (nSPS) is 26.0. The molecule has 3 saturated heterocycles. The van der Waals surface area contributed by atoms with Crippen molar-refractivity contribution >= 4 is 23.2 Å². The number of amides is 1. The van der Waals surface area contributed by atoms with Gasteiger partial charge in [0.1, 0.15) is 18.2 Å². The Morgan fingerprint density at radius 1 is 1.15 bits per heavy atom. The molecule has 4 aliphatic rings. The minimum atomic E-state index is -0.185. The first-order valence-electron chi connectivity index (χ1n) is 12.0. The molecule has 2 aromatic rings. The number of carbonyl (C=O) groups excluding carboxylic acids is 1. The third-order valence-electron chi connectivity index (χ3n) is 7.70. The number of fused-ring (bicyclic) bond motifs is 1. The molecule has 0 radical (unpaired) electrons. The van der Waals surface area contributed by atoms with Crippen LogP contribution in [0.5, 0.6) is 0 Å². The van der Waals surface area contributed by atoms with E-state index in [4.69, 9.17) is 4.74 Å². The van der Waals surface area contributed by atoms with Gasteiger partial charge in [0.2, 0.25) is 0 Å². The molecule has 9 heteroatoms. The summed E-state index contributed by atoms with van der Waals surface area (Å²) in [6.07, 6.45) is 7.61. The van der Waals surface area contributed by atoms with E-state index in [2.05, 4.69) is 35.7 Å². The van der Waals surface area contributed by atoms with Crippen LogP contribution in [0.15, 0.2) is 36.7 Å². The van der Waals surface area contributed by atoms with Crippen LogP contribution in [0, 0.1) is 0 Å². The zero-order chi connectivity index (χ0) is 22.3. The lowest BCUT2D eigenvalue weighted by molar-refractivity contribution is -0.0740. The molecular formula is C24H31N7O2. The number of nitrogens with one attached hydrogen (secondary N) is 3. The molecule has 1 aromatic carbocycles. The van der Waals surface area contributed by atoms with Gasteiger partial charge in [0.25, 0.3) is 5.91 Å². The molecule has 3 N–H and O–H groups in total. The van der Waals surface area contributed by atoms with Crippen molar-refractivity contribution < 1.29 is 9.53 Å². The first kappa shape index (κ1) is 20.8. The first-order chi connectivity index (χ1) is 16.2. The molecule has 0 saturated carbocycles. The fourth-order valence-electron chi connectivity index (χ4n) is 5.72. The van der Waals surface area contributed by atoms with Crippen LogP contribution in [0.1, 0.15) is 42.5 Å². The summed E-state index contributed by atoms with van der Waals surface area (Å²) in [6, 6.07) is 9.16. The Morgan fingerprint density at radius 2 is 2.00 bits per heavy atom. The number of benzene rings is 1. The molecule has 1 aromatic heterocycles. The van der Waals surface area contributed by atoms with Gasteiger partial charge in [0, 0.05) is 24.2 Å². The van der Waals surface area contributed by atoms with Crippen LogP contribution in [-0.2, 0) is 4.74 Å². The molecule has 0 bridgehead atoms. The zero-order valence-electron chi connectivity index (χ0n) is 18.8. The first-order valence-corrected chi connectivity index (χ1v) is 12.0. The molecule has 1 spiro atoms. The molecule has 0 aliphatic carbocycles. The van der Waals surface area contributed by atoms with Gasteiger partial charge >= 0.3 is 0 Å². The van der Waals surface area contributed by atoms with Crippen LogP contribution in [0.25, 0.3) is 0 Å². The second-order valence-corrected chi connectivity index (χ2v) is 9.51. The van der Waals surface area contributed by atoms with E-state index in [1.54, 1.807) is 12.1 Å². The maximum Gasteiger partial charge on any atom is 0.256 e. The van der Waals surface area contributed by atoms with Crippen molar-refractivity contribution in [1.29, 1.82) is 0 Å². The molecule has 9 nitrogen and oxygen atoms in total. The summed E-state index contributed by atoms with van der Waals surface area (Å²) in [5.74, 6) is 1.10. The van der Waals surface area contributed by atoms with Crippen LogP contribution in [0.2, 0.25) is 0 Å². The number of likely N-dealkylation sites (tertiary alicyclic amines) is 1. The molecule has 2 unspecified atom stereocenters. The van der Waals surface area contributed by atoms with Crippen LogP contribution in [-0.4, -0.2) is 71.5 Å². The highest BCUT2D eigenvalue weighted by Gasteiger charge is 2.46. The maximum absolute atomic E-state index is 12.6. The van der Waals surface area contributed by atoms with E-state index in [-0.39, 0.29) is 18.2 Å². The van der Waals surface area contributed by atoms with Gasteiger partial charge in [-0.2, -0.15) is 0 Å². The number of rotatable bonds is 5. The number of anilines is 3. The van der Waals surface area contributed by atoms with Crippen molar-refractivity contribution in [2.45, 2.75) is 50.0 Å². The van der Waals surface area contributed by atoms with E-state index < -0.39 is 0 Å². The lowest BCUT2D eigenvalue weighted by Crippen LogP contribution is -2.64. The van der Waals surface area contributed by atoms with Crippen molar-refractivity contribution in [2.75, 3.05) is 48.4 Å². The van der Waals surface area contributed by atoms with E-state index in [1.165, 1.54) is 32.1 Å². The van der Waals surface area contributed by atoms with Gasteiger partial charge in [0.05, 0.1) is 12.8 Å². The third kappa shape index (κ3) is 3.84. The van der Waals surface area contributed by atoms with Gasteiger partial charge in [-0.3, -0.25) is 9.69 Å². The Labute approximate surface area is 193 Å². The molecule has 4 aliphatic heterocycles. The summed E-state index contributed by atoms with van der Waals surface area (Å²) in [6.45, 7) is 5.06. The van der Waals surface area contributed by atoms with Crippen molar-refractivity contribution in [2.24, 2.45) is 0 Å². The summed E-state index contributed by atoms with van der Waals surface area (Å²) >= 11 is 0. The molecule has 33 heavy (non-hydrogen) atoms. The van der Waals surface area contributed by atoms with Gasteiger partial charge < -0.3 is 25.6 Å². The predicted molar refractivity (Wildman–Crippen MR) is 126 cm³/mol. The number of ether oxygens (including phenoxy) is 1. The summed E-state index contributed by atoms with van der Waals surface area (Å²) < 4.78 is 6.51. The van der Waals surface area contributed by atoms with Crippen molar-refractivity contribution in [3.05, 3.63) is 42.2 Å². The highest BCUT2D eigenvalue weighted by atomic mass is 16.5. The maximum atomic E-state index is 12.6. The van der Waals surface area contributed by atoms with Crippen molar-refractivity contribution in [1.82, 2.24) is 20.2 Å². The summed E-state index contributed by atoms with van der Waals surface area (Å²) in [4.78, 5) is 26.3. The third-order valence-corrected chi connectivity index (χ3v) is 7.70. The molecule has 3 fully saturated rings. The highest BCUT2D eigenvalue weighted by Crippen LogP contribution is 2.41. The van der Waals surface area contributed by atoms with Gasteiger partial charge in [0.15, 0.2) is 11.6 Å². The lowest BCUT2D eigenvalue weighted by atomic mass is 9.76. The Morgan fingerprint density at radius 3 is 2.79 bits per heavy atom. The monoisotopic (exact) mass is 449 g/mol. The molecule has 174 valence electrons. The topological polar surface area (TPSA) is 94.6 Å². The second kappa shape index (κ2) is 8.55. The van der Waals surface area contributed by atoms with E-state index >= 15 is 0 Å². The number of aromatic nitrogens is 2. The van der Waals surface area contributed by atoms with Crippen molar-refractivity contribution in [3.8, 4) is 0 Å². The lowest BCUT2D eigenvalue weighted by Gasteiger charge is -2.56. The summed E-state index contributed by atoms with van der Waals surface area (Å²) in [7, 11) is 0. The SMILES string of the molecule is O=C(Nc1ncnc2c1NCN2C1CCC(CN2CCC23CCNCC3)O1)c1ccccc1. The Balaban J connectivity index is 1.11. The largest absolute Gasteiger partial charge is 0.362 e.